The summed E-state index contributed by atoms with van der Waals surface area (Å²) in [6.07, 6.45) is 0.583. The van der Waals surface area contributed by atoms with Crippen LogP contribution in [0.5, 0.6) is 0 Å². The van der Waals surface area contributed by atoms with Gasteiger partial charge in [-0.05, 0) is 0 Å². The Labute approximate surface area is 103 Å². The molecule has 1 rings (SSSR count). The number of benzene rings is 1. The molecule has 1 atom stereocenters. The standard InChI is InChI=1S/C8H8NO2.BrH.Cd/c10-9(11)7-6-8-4-2-1-3-5-8;;/h1-5,7H,6H2;1H;/q;;+1/p-1. The Kier molecular flexibility index (Phi) is 6.48. The van der Waals surface area contributed by atoms with Gasteiger partial charge in [0.05, 0.1) is 0 Å². The first kappa shape index (κ1) is 13.0. The molecule has 13 heavy (non-hydrogen) atoms. The summed E-state index contributed by atoms with van der Waals surface area (Å²) in [5.41, 5.74) is 1.06. The molecule has 0 aliphatic rings. The van der Waals surface area contributed by atoms with E-state index in [1.54, 1.807) is 0 Å². The van der Waals surface area contributed by atoms with Crippen molar-refractivity contribution in [2.24, 2.45) is 0 Å². The summed E-state index contributed by atoms with van der Waals surface area (Å²) in [6.45, 7) is 0. The molecule has 1 unspecified atom stereocenters. The van der Waals surface area contributed by atoms with Crippen molar-refractivity contribution in [2.45, 2.75) is 10.0 Å². The number of nitrogens with zero attached hydrogens (tertiary/aromatic N) is 1. The second kappa shape index (κ2) is 6.47. The topological polar surface area (TPSA) is 43.1 Å². The smallest absolute Gasteiger partial charge is 1.00 e. The van der Waals surface area contributed by atoms with E-state index in [-0.39, 0.29) is 25.5 Å². The molecule has 0 radical (unpaired) electrons. The van der Waals surface area contributed by atoms with Crippen molar-refractivity contribution >= 4 is 0 Å². The number of nitro groups is 1. The molecule has 66 valence electrons. The van der Waals surface area contributed by atoms with Crippen LogP contribution in [0.15, 0.2) is 30.3 Å². The Hall–Kier alpha value is 0.0221. The van der Waals surface area contributed by atoms with Crippen LogP contribution in [-0.2, 0) is 32.2 Å². The Balaban J connectivity index is 0.00000144. The molecule has 0 aliphatic carbocycles. The number of halogens is 1. The van der Waals surface area contributed by atoms with Crippen molar-refractivity contribution in [3.8, 4) is 0 Å². The zero-order chi connectivity index (χ0) is 8.97. The second-order valence-electron chi connectivity index (χ2n) is 2.63. The van der Waals surface area contributed by atoms with Crippen LogP contribution in [0.3, 0.4) is 0 Å². The van der Waals surface area contributed by atoms with Gasteiger partial charge in [0.25, 0.3) is 0 Å². The van der Waals surface area contributed by atoms with Crippen LogP contribution in [0.1, 0.15) is 5.56 Å². The Morgan fingerprint density at radius 1 is 1.38 bits per heavy atom. The Morgan fingerprint density at radius 3 is 2.38 bits per heavy atom. The first-order valence-corrected chi connectivity index (χ1v) is 6.03. The van der Waals surface area contributed by atoms with Gasteiger partial charge in [-0.2, -0.15) is 0 Å². The van der Waals surface area contributed by atoms with E-state index >= 15 is 0 Å². The molecule has 0 saturated carbocycles. The minimum Gasteiger partial charge on any atom is -1.00 e. The van der Waals surface area contributed by atoms with Crippen LogP contribution in [-0.4, -0.2) is 8.52 Å². The summed E-state index contributed by atoms with van der Waals surface area (Å²) in [4.78, 5) is 10.2. The second-order valence-corrected chi connectivity index (χ2v) is 5.32. The van der Waals surface area contributed by atoms with E-state index in [4.69, 9.17) is 0 Å². The molecule has 5 heteroatoms. The van der Waals surface area contributed by atoms with E-state index in [9.17, 15) is 10.1 Å². The van der Waals surface area contributed by atoms with Gasteiger partial charge in [0.1, 0.15) is 0 Å². The van der Waals surface area contributed by atoms with Crippen LogP contribution in [0.4, 0.5) is 0 Å². The quantitative estimate of drug-likeness (QED) is 0.377. The Morgan fingerprint density at radius 2 is 1.92 bits per heavy atom. The van der Waals surface area contributed by atoms with Crippen LogP contribution >= 0.6 is 0 Å². The average molecular weight is 342 g/mol. The van der Waals surface area contributed by atoms with Crippen molar-refractivity contribution in [3.05, 3.63) is 46.0 Å². The third kappa shape index (κ3) is 4.70. The fourth-order valence-corrected chi connectivity index (χ4v) is 1.91. The van der Waals surface area contributed by atoms with Crippen molar-refractivity contribution < 1.29 is 47.7 Å². The van der Waals surface area contributed by atoms with Crippen LogP contribution in [0.25, 0.3) is 0 Å². The number of hydrogen-bond donors (Lipinski definition) is 0. The number of rotatable bonds is 3. The third-order valence-corrected chi connectivity index (χ3v) is 3.29. The zero-order valence-electron chi connectivity index (χ0n) is 7.02. The molecule has 0 spiro atoms. The summed E-state index contributed by atoms with van der Waals surface area (Å²) in [5.74, 6) is 0. The molecule has 1 aromatic rings. The number of hydrogen-bond acceptors (Lipinski definition) is 2. The van der Waals surface area contributed by atoms with Gasteiger partial charge in [0.2, 0.25) is 0 Å². The van der Waals surface area contributed by atoms with Gasteiger partial charge in [-0.25, -0.2) is 0 Å². The molecular formula is C8H8BrCdNO2. The molecule has 0 aliphatic heterocycles. The van der Waals surface area contributed by atoms with Crippen molar-refractivity contribution in [1.82, 2.24) is 0 Å². The molecule has 3 nitrogen and oxygen atoms in total. The monoisotopic (exact) mass is 343 g/mol. The van der Waals surface area contributed by atoms with Crippen LogP contribution in [0, 0.1) is 10.1 Å². The minimum atomic E-state index is -0.323. The largest absolute Gasteiger partial charge is 1.00 e. The van der Waals surface area contributed by atoms with Crippen molar-refractivity contribution in [3.63, 3.8) is 0 Å². The van der Waals surface area contributed by atoms with E-state index in [0.717, 1.165) is 5.56 Å². The summed E-state index contributed by atoms with van der Waals surface area (Å²) in [7, 11) is 0. The summed E-state index contributed by atoms with van der Waals surface area (Å²) in [6, 6.07) is 9.60. The maximum Gasteiger partial charge on any atom is -1.00 e. The predicted octanol–water partition coefficient (Wildman–Crippen LogP) is -1.62. The van der Waals surface area contributed by atoms with Crippen LogP contribution in [0.2, 0.25) is 0 Å². The van der Waals surface area contributed by atoms with E-state index in [1.165, 1.54) is 0 Å². The summed E-state index contributed by atoms with van der Waals surface area (Å²) in [5, 5.41) is 10.4. The molecule has 1 aromatic carbocycles. The molecular weight excluding hydrogens is 334 g/mol. The van der Waals surface area contributed by atoms with E-state index in [0.29, 0.717) is 32.2 Å². The van der Waals surface area contributed by atoms with Gasteiger partial charge in [0, 0.05) is 0 Å². The fraction of sp³-hybridized carbons (Fsp3) is 0.250. The van der Waals surface area contributed by atoms with E-state index < -0.39 is 0 Å². The first-order chi connectivity index (χ1) is 5.70. The molecule has 0 bridgehead atoms. The van der Waals surface area contributed by atoms with Gasteiger partial charge in [-0.3, -0.25) is 0 Å². The molecule has 0 N–H and O–H groups in total. The average Bonchev–Trinajstić information content (AvgIpc) is 2.06. The molecule has 0 saturated heterocycles. The molecule has 0 fully saturated rings. The van der Waals surface area contributed by atoms with E-state index in [2.05, 4.69) is 0 Å². The minimum absolute atomic E-state index is 0. The molecule has 0 aromatic heterocycles. The van der Waals surface area contributed by atoms with Crippen LogP contribution < -0.4 is 17.0 Å². The summed E-state index contributed by atoms with van der Waals surface area (Å²) >= 11 is 0.383. The summed E-state index contributed by atoms with van der Waals surface area (Å²) < 4.78 is -0.323. The predicted molar refractivity (Wildman–Crippen MR) is 40.9 cm³/mol. The maximum absolute atomic E-state index is 10.4. The van der Waals surface area contributed by atoms with Gasteiger partial charge in [0.15, 0.2) is 0 Å². The van der Waals surface area contributed by atoms with Gasteiger partial charge >= 0.3 is 86.7 Å². The van der Waals surface area contributed by atoms with E-state index in [1.807, 2.05) is 30.3 Å². The van der Waals surface area contributed by atoms with Gasteiger partial charge in [-0.15, -0.1) is 0 Å². The zero-order valence-corrected chi connectivity index (χ0v) is 12.6. The normalized spacial score (nSPS) is 11.5. The SMILES string of the molecule is O=[N+]([O-])[CH]([Cd+])Cc1ccccc1.[Br-]. The molecule has 0 heterocycles. The fourth-order valence-electron chi connectivity index (χ4n) is 0.961. The maximum atomic E-state index is 10.4. The van der Waals surface area contributed by atoms with Crippen molar-refractivity contribution in [1.29, 1.82) is 0 Å². The van der Waals surface area contributed by atoms with Gasteiger partial charge in [-0.1, -0.05) is 0 Å². The molecule has 0 amide bonds. The Bertz CT molecular complexity index is 268. The van der Waals surface area contributed by atoms with Crippen molar-refractivity contribution in [2.75, 3.05) is 0 Å². The van der Waals surface area contributed by atoms with Gasteiger partial charge < -0.3 is 17.0 Å². The first-order valence-electron chi connectivity index (χ1n) is 3.70. The third-order valence-electron chi connectivity index (χ3n) is 1.61.